The maximum Gasteiger partial charge on any atom is 0.310 e. The predicted octanol–water partition coefficient (Wildman–Crippen LogP) is 3.15. The quantitative estimate of drug-likeness (QED) is 0.203. The summed E-state index contributed by atoms with van der Waals surface area (Å²) >= 11 is 1.82. The zero-order valence-corrected chi connectivity index (χ0v) is 17.9. The zero-order chi connectivity index (χ0) is 17.1. The van der Waals surface area contributed by atoms with E-state index in [4.69, 9.17) is 4.74 Å². The van der Waals surface area contributed by atoms with Crippen LogP contribution in [0.3, 0.4) is 0 Å². The molecule has 1 aromatic carbocycles. The minimum absolute atomic E-state index is 0. The van der Waals surface area contributed by atoms with Gasteiger partial charge in [-0.15, -0.1) is 35.7 Å². The van der Waals surface area contributed by atoms with Gasteiger partial charge >= 0.3 is 5.97 Å². The Bertz CT molecular complexity index is 500. The van der Waals surface area contributed by atoms with E-state index in [1.165, 1.54) is 12.0 Å². The van der Waals surface area contributed by atoms with Gasteiger partial charge in [-0.1, -0.05) is 32.0 Å². The van der Waals surface area contributed by atoms with Crippen LogP contribution in [0.4, 0.5) is 0 Å². The van der Waals surface area contributed by atoms with E-state index in [2.05, 4.69) is 34.7 Å². The van der Waals surface area contributed by atoms with E-state index in [9.17, 15) is 4.79 Å². The normalized spacial score (nSPS) is 13.4. The van der Waals surface area contributed by atoms with E-state index in [-0.39, 0.29) is 35.9 Å². The monoisotopic (exact) mass is 465 g/mol. The number of hydrogen-bond acceptors (Lipinski definition) is 4. The van der Waals surface area contributed by atoms with E-state index in [0.29, 0.717) is 11.8 Å². The topological polar surface area (TPSA) is 62.7 Å². The van der Waals surface area contributed by atoms with Gasteiger partial charge in [-0.2, -0.15) is 0 Å². The van der Waals surface area contributed by atoms with Crippen LogP contribution in [0.1, 0.15) is 20.8 Å². The molecule has 0 radical (unpaired) electrons. The largest absolute Gasteiger partial charge is 0.469 e. The molecule has 0 aliphatic heterocycles. The van der Waals surface area contributed by atoms with Gasteiger partial charge in [0, 0.05) is 23.2 Å². The highest BCUT2D eigenvalue weighted by Gasteiger charge is 2.13. The van der Waals surface area contributed by atoms with Crippen LogP contribution >= 0.6 is 35.7 Å². The lowest BCUT2D eigenvalue weighted by atomic mass is 10.2. The molecule has 0 bridgehead atoms. The minimum atomic E-state index is -0.244. The Kier molecular flexibility index (Phi) is 12.8. The summed E-state index contributed by atoms with van der Waals surface area (Å²) in [6, 6.07) is 10.3. The molecule has 0 saturated heterocycles. The molecular formula is C17H28IN3O2S. The van der Waals surface area contributed by atoms with Crippen molar-refractivity contribution >= 4 is 47.7 Å². The third-order valence-corrected chi connectivity index (χ3v) is 4.22. The van der Waals surface area contributed by atoms with E-state index in [0.717, 1.165) is 19.0 Å². The summed E-state index contributed by atoms with van der Waals surface area (Å²) in [6.07, 6.45) is 0. The lowest BCUT2D eigenvalue weighted by Gasteiger charge is -2.16. The summed E-state index contributed by atoms with van der Waals surface area (Å²) in [5.74, 6) is 0.243. The Morgan fingerprint density at radius 2 is 1.92 bits per heavy atom. The number of methoxy groups -OCH3 is 1. The highest BCUT2D eigenvalue weighted by atomic mass is 127. The third-order valence-electron chi connectivity index (χ3n) is 3.11. The summed E-state index contributed by atoms with van der Waals surface area (Å²) in [4.78, 5) is 17.1. The van der Waals surface area contributed by atoms with Gasteiger partial charge < -0.3 is 15.4 Å². The first-order valence-electron chi connectivity index (χ1n) is 7.88. The number of aliphatic imine (C=N–C) groups is 1. The van der Waals surface area contributed by atoms with Crippen LogP contribution in [0.2, 0.25) is 0 Å². The summed E-state index contributed by atoms with van der Waals surface area (Å²) in [5.41, 5.74) is 0. The van der Waals surface area contributed by atoms with E-state index in [1.807, 2.05) is 43.8 Å². The van der Waals surface area contributed by atoms with Gasteiger partial charge in [-0.05, 0) is 19.1 Å². The summed E-state index contributed by atoms with van der Waals surface area (Å²) in [6.45, 7) is 7.97. The average Bonchev–Trinajstić information content (AvgIpc) is 2.57. The summed E-state index contributed by atoms with van der Waals surface area (Å²) in [5, 5.41) is 6.91. The van der Waals surface area contributed by atoms with Crippen LogP contribution in [0.5, 0.6) is 0 Å². The first-order chi connectivity index (χ1) is 11.1. The molecule has 0 saturated carbocycles. The number of ether oxygens (including phenoxy) is 1. The third kappa shape index (κ3) is 9.36. The number of guanidine groups is 1. The molecule has 0 aromatic heterocycles. The van der Waals surface area contributed by atoms with Crippen molar-refractivity contribution in [1.82, 2.24) is 10.6 Å². The van der Waals surface area contributed by atoms with Crippen LogP contribution in [-0.2, 0) is 9.53 Å². The molecule has 7 heteroatoms. The van der Waals surface area contributed by atoms with Gasteiger partial charge in [-0.3, -0.25) is 9.79 Å². The number of hydrogen-bond donors (Lipinski definition) is 2. The lowest BCUT2D eigenvalue weighted by molar-refractivity contribution is -0.144. The molecule has 2 unspecified atom stereocenters. The first-order valence-corrected chi connectivity index (χ1v) is 8.76. The van der Waals surface area contributed by atoms with Crippen molar-refractivity contribution in [1.29, 1.82) is 0 Å². The number of thioether (sulfide) groups is 1. The van der Waals surface area contributed by atoms with Crippen LogP contribution in [0.25, 0.3) is 0 Å². The molecule has 136 valence electrons. The molecule has 2 N–H and O–H groups in total. The van der Waals surface area contributed by atoms with E-state index >= 15 is 0 Å². The Morgan fingerprint density at radius 1 is 1.25 bits per heavy atom. The van der Waals surface area contributed by atoms with Crippen molar-refractivity contribution in [2.75, 3.05) is 26.7 Å². The Balaban J connectivity index is 0.00000529. The number of rotatable bonds is 8. The average molecular weight is 465 g/mol. The number of esters is 1. The molecule has 1 aromatic rings. The van der Waals surface area contributed by atoms with Gasteiger partial charge in [-0.25, -0.2) is 0 Å². The van der Waals surface area contributed by atoms with Crippen LogP contribution < -0.4 is 10.6 Å². The fraction of sp³-hybridized carbons (Fsp3) is 0.529. The number of nitrogens with one attached hydrogen (secondary N) is 2. The van der Waals surface area contributed by atoms with Crippen molar-refractivity contribution in [3.63, 3.8) is 0 Å². The second-order valence-corrected chi connectivity index (χ2v) is 6.78. The van der Waals surface area contributed by atoms with Crippen LogP contribution in [0, 0.1) is 5.92 Å². The second kappa shape index (κ2) is 13.3. The van der Waals surface area contributed by atoms with Gasteiger partial charge in [0.05, 0.1) is 19.6 Å². The molecular weight excluding hydrogens is 437 g/mol. The fourth-order valence-corrected chi connectivity index (χ4v) is 2.80. The Labute approximate surface area is 166 Å². The maximum absolute atomic E-state index is 11.4. The second-order valence-electron chi connectivity index (χ2n) is 5.27. The van der Waals surface area contributed by atoms with Crippen molar-refractivity contribution in [3.8, 4) is 0 Å². The predicted molar refractivity (Wildman–Crippen MR) is 112 cm³/mol. The van der Waals surface area contributed by atoms with Crippen molar-refractivity contribution < 1.29 is 9.53 Å². The van der Waals surface area contributed by atoms with Crippen molar-refractivity contribution in [2.45, 2.75) is 30.9 Å². The molecule has 0 aliphatic carbocycles. The molecule has 0 spiro atoms. The maximum atomic E-state index is 11.4. The Hall–Kier alpha value is -0.960. The lowest BCUT2D eigenvalue weighted by Crippen LogP contribution is -2.40. The summed E-state index contributed by atoms with van der Waals surface area (Å²) < 4.78 is 4.72. The molecule has 5 nitrogen and oxygen atoms in total. The van der Waals surface area contributed by atoms with Crippen LogP contribution in [0.15, 0.2) is 40.2 Å². The minimum Gasteiger partial charge on any atom is -0.469 e. The molecule has 0 aliphatic rings. The van der Waals surface area contributed by atoms with Crippen LogP contribution in [-0.4, -0.2) is 43.9 Å². The van der Waals surface area contributed by atoms with E-state index in [1.54, 1.807) is 0 Å². The van der Waals surface area contributed by atoms with Crippen molar-refractivity contribution in [3.05, 3.63) is 30.3 Å². The highest BCUT2D eigenvalue weighted by molar-refractivity contribution is 14.0. The molecule has 0 amide bonds. The fourth-order valence-electron chi connectivity index (χ4n) is 1.86. The SMILES string of the molecule is CCNC(=NCC(C)C(=O)OC)NCC(C)Sc1ccccc1.I. The number of nitrogens with zero attached hydrogens (tertiary/aromatic N) is 1. The Morgan fingerprint density at radius 3 is 2.50 bits per heavy atom. The molecule has 0 heterocycles. The molecule has 1 rings (SSSR count). The standard InChI is InChI=1S/C17H27N3O2S.HI/c1-5-18-17(19-11-13(2)16(21)22-4)20-12-14(3)23-15-9-7-6-8-10-15;/h6-10,13-14H,5,11-12H2,1-4H3,(H2,18,19,20);1H. The molecule has 0 fully saturated rings. The highest BCUT2D eigenvalue weighted by Crippen LogP contribution is 2.21. The first kappa shape index (κ1) is 23.0. The molecule has 24 heavy (non-hydrogen) atoms. The van der Waals surface area contributed by atoms with Gasteiger partial charge in [0.15, 0.2) is 5.96 Å². The van der Waals surface area contributed by atoms with Gasteiger partial charge in [0.1, 0.15) is 0 Å². The zero-order valence-electron chi connectivity index (χ0n) is 14.7. The molecule has 2 atom stereocenters. The van der Waals surface area contributed by atoms with Gasteiger partial charge in [0.2, 0.25) is 0 Å². The number of halogens is 1. The van der Waals surface area contributed by atoms with Crippen molar-refractivity contribution in [2.24, 2.45) is 10.9 Å². The number of carbonyl (C=O) groups is 1. The summed E-state index contributed by atoms with van der Waals surface area (Å²) in [7, 11) is 1.40. The smallest absolute Gasteiger partial charge is 0.310 e. The van der Waals surface area contributed by atoms with E-state index < -0.39 is 0 Å². The number of carbonyl (C=O) groups excluding carboxylic acids is 1. The number of benzene rings is 1. The van der Waals surface area contributed by atoms with Gasteiger partial charge in [0.25, 0.3) is 0 Å².